The number of likely N-dealkylation sites (tertiary alicyclic amines) is 1. The molecule has 0 radical (unpaired) electrons. The second kappa shape index (κ2) is 11.7. The number of aromatic nitrogens is 3. The number of thiazole rings is 1. The van der Waals surface area contributed by atoms with Gasteiger partial charge in [-0.1, -0.05) is 35.1 Å². The molecule has 3 N–H and O–H groups in total. The number of nitrogens with one attached hydrogen (secondary N) is 2. The lowest BCUT2D eigenvalue weighted by Crippen LogP contribution is -2.59. The van der Waals surface area contributed by atoms with Crippen molar-refractivity contribution in [2.45, 2.75) is 45.6 Å². The lowest BCUT2D eigenvalue weighted by atomic mass is 9.60. The Morgan fingerprint density at radius 2 is 1.81 bits per heavy atom. The first kappa shape index (κ1) is 28.6. The summed E-state index contributed by atoms with van der Waals surface area (Å²) in [6.45, 7) is 8.82. The highest BCUT2D eigenvalue weighted by atomic mass is 35.5. The van der Waals surface area contributed by atoms with Crippen LogP contribution in [0.15, 0.2) is 30.5 Å². The van der Waals surface area contributed by atoms with Crippen LogP contribution in [-0.2, 0) is 0 Å². The molecule has 11 nitrogen and oxygen atoms in total. The Labute approximate surface area is 253 Å². The summed E-state index contributed by atoms with van der Waals surface area (Å²) in [6.07, 6.45) is 5.07. The summed E-state index contributed by atoms with van der Waals surface area (Å²) in [5, 5.41) is 16.4. The summed E-state index contributed by atoms with van der Waals surface area (Å²) in [7, 11) is 0. The number of benzene rings is 1. The van der Waals surface area contributed by atoms with Crippen LogP contribution < -0.4 is 15.5 Å². The van der Waals surface area contributed by atoms with Crippen LogP contribution in [0.3, 0.4) is 0 Å². The maximum absolute atomic E-state index is 12.8. The van der Waals surface area contributed by atoms with Gasteiger partial charge in [-0.25, -0.2) is 19.7 Å². The Hall–Kier alpha value is -3.48. The standard InChI is InChI=1S/C29H35ClN8O3S/c1-18-4-3-5-21(30)25(18)35-26(39)22-17-31-27(42-22)34-23-14-24(33-19(2)32-23)37-12-10-36(11-13-37)20-15-29(16-20)6-8-38(9-7-29)28(40)41/h3-5,14,17,20H,6-13,15-16H2,1-2H3,(H,35,39)(H,40,41)(H,31,32,33,34). The minimum Gasteiger partial charge on any atom is -0.465 e. The third-order valence-corrected chi connectivity index (χ3v) is 10.1. The zero-order valence-corrected chi connectivity index (χ0v) is 25.3. The molecule has 1 aliphatic carbocycles. The Morgan fingerprint density at radius 1 is 1.07 bits per heavy atom. The van der Waals surface area contributed by atoms with Gasteiger partial charge in [-0.2, -0.15) is 0 Å². The Balaban J connectivity index is 1.03. The smallest absolute Gasteiger partial charge is 0.407 e. The molecule has 6 rings (SSSR count). The summed E-state index contributed by atoms with van der Waals surface area (Å²) in [6, 6.07) is 8.01. The molecule has 0 bridgehead atoms. The van der Waals surface area contributed by atoms with Crippen LogP contribution in [-0.4, -0.2) is 87.2 Å². The molecule has 3 aromatic rings. The van der Waals surface area contributed by atoms with E-state index in [1.807, 2.05) is 32.0 Å². The van der Waals surface area contributed by atoms with Crippen LogP contribution in [0.1, 0.15) is 46.7 Å². The maximum Gasteiger partial charge on any atom is 0.407 e. The Kier molecular flexibility index (Phi) is 7.95. The quantitative estimate of drug-likeness (QED) is 0.343. The molecule has 3 aliphatic rings. The molecule has 1 spiro atoms. The van der Waals surface area contributed by atoms with Gasteiger partial charge < -0.3 is 25.5 Å². The van der Waals surface area contributed by atoms with E-state index in [0.717, 1.165) is 50.4 Å². The molecular formula is C29H35ClN8O3S. The van der Waals surface area contributed by atoms with Crippen molar-refractivity contribution in [2.24, 2.45) is 5.41 Å². The fourth-order valence-corrected chi connectivity index (χ4v) is 7.37. The number of rotatable bonds is 6. The van der Waals surface area contributed by atoms with Crippen LogP contribution in [0.5, 0.6) is 0 Å². The minimum atomic E-state index is -0.793. The number of para-hydroxylation sites is 1. The molecule has 42 heavy (non-hydrogen) atoms. The fourth-order valence-electron chi connectivity index (χ4n) is 6.38. The molecular weight excluding hydrogens is 576 g/mol. The molecule has 2 saturated heterocycles. The highest BCUT2D eigenvalue weighted by Crippen LogP contribution is 2.51. The summed E-state index contributed by atoms with van der Waals surface area (Å²) in [5.41, 5.74) is 1.82. The van der Waals surface area contributed by atoms with Gasteiger partial charge in [0.15, 0.2) is 5.13 Å². The van der Waals surface area contributed by atoms with Gasteiger partial charge >= 0.3 is 6.09 Å². The van der Waals surface area contributed by atoms with E-state index < -0.39 is 6.09 Å². The lowest BCUT2D eigenvalue weighted by molar-refractivity contribution is -0.0404. The third kappa shape index (κ3) is 6.02. The van der Waals surface area contributed by atoms with Crippen LogP contribution >= 0.6 is 22.9 Å². The molecule has 13 heteroatoms. The summed E-state index contributed by atoms with van der Waals surface area (Å²) < 4.78 is 0. The van der Waals surface area contributed by atoms with Gasteiger partial charge in [0.2, 0.25) is 0 Å². The van der Waals surface area contributed by atoms with Crippen molar-refractivity contribution in [3.63, 3.8) is 0 Å². The number of carboxylic acid groups (broad SMARTS) is 1. The largest absolute Gasteiger partial charge is 0.465 e. The lowest BCUT2D eigenvalue weighted by Gasteiger charge is -2.56. The number of aryl methyl sites for hydroxylation is 2. The molecule has 3 fully saturated rings. The molecule has 2 aromatic heterocycles. The summed E-state index contributed by atoms with van der Waals surface area (Å²) >= 11 is 7.51. The number of hydrogen-bond donors (Lipinski definition) is 3. The van der Waals surface area contributed by atoms with Gasteiger partial charge in [0, 0.05) is 51.4 Å². The SMILES string of the molecule is Cc1nc(Nc2ncc(C(=O)Nc3c(C)cccc3Cl)s2)cc(N2CCN(C3CC4(CCN(C(=O)O)CC4)C3)CC2)n1. The van der Waals surface area contributed by atoms with E-state index >= 15 is 0 Å². The first-order valence-corrected chi connectivity index (χ1v) is 15.5. The van der Waals surface area contributed by atoms with Gasteiger partial charge in [-0.3, -0.25) is 9.69 Å². The van der Waals surface area contributed by atoms with Gasteiger partial charge in [-0.15, -0.1) is 0 Å². The van der Waals surface area contributed by atoms with Gasteiger partial charge in [0.25, 0.3) is 5.91 Å². The molecule has 2 amide bonds. The van der Waals surface area contributed by atoms with E-state index in [2.05, 4.69) is 30.4 Å². The number of piperazine rings is 1. The molecule has 0 unspecified atom stereocenters. The van der Waals surface area contributed by atoms with Crippen LogP contribution in [0.4, 0.5) is 27.2 Å². The van der Waals surface area contributed by atoms with Crippen LogP contribution in [0.25, 0.3) is 0 Å². The fraction of sp³-hybridized carbons (Fsp3) is 0.483. The topological polar surface area (TPSA) is 127 Å². The second-order valence-electron chi connectivity index (χ2n) is 11.6. The van der Waals surface area contributed by atoms with E-state index in [1.54, 1.807) is 17.2 Å². The van der Waals surface area contributed by atoms with Crippen molar-refractivity contribution in [3.8, 4) is 0 Å². The van der Waals surface area contributed by atoms with Crippen molar-refractivity contribution >= 4 is 57.4 Å². The van der Waals surface area contributed by atoms with Crippen molar-refractivity contribution in [1.82, 2.24) is 24.8 Å². The average molecular weight is 611 g/mol. The normalized spacial score (nSPS) is 19.0. The number of hydrogen-bond acceptors (Lipinski definition) is 9. The predicted octanol–water partition coefficient (Wildman–Crippen LogP) is 5.24. The molecule has 2 aliphatic heterocycles. The number of carbonyl (C=O) groups is 2. The number of halogens is 1. The third-order valence-electron chi connectivity index (χ3n) is 8.84. The molecule has 1 saturated carbocycles. The van der Waals surface area contributed by atoms with Gasteiger partial charge in [0.1, 0.15) is 22.3 Å². The van der Waals surface area contributed by atoms with E-state index in [1.165, 1.54) is 24.2 Å². The monoisotopic (exact) mass is 610 g/mol. The van der Waals surface area contributed by atoms with Gasteiger partial charge in [0.05, 0.1) is 16.9 Å². The first-order valence-electron chi connectivity index (χ1n) is 14.3. The number of anilines is 4. The number of piperidine rings is 1. The summed E-state index contributed by atoms with van der Waals surface area (Å²) in [4.78, 5) is 44.6. The van der Waals surface area contributed by atoms with E-state index in [-0.39, 0.29) is 5.91 Å². The second-order valence-corrected chi connectivity index (χ2v) is 13.0. The summed E-state index contributed by atoms with van der Waals surface area (Å²) in [5.74, 6) is 1.91. The van der Waals surface area contributed by atoms with Crippen LogP contribution in [0.2, 0.25) is 5.02 Å². The molecule has 0 atom stereocenters. The van der Waals surface area contributed by atoms with Crippen molar-refractivity contribution in [3.05, 3.63) is 51.7 Å². The number of nitrogens with zero attached hydrogens (tertiary/aromatic N) is 6. The maximum atomic E-state index is 12.8. The average Bonchev–Trinajstić information content (AvgIpc) is 3.42. The van der Waals surface area contributed by atoms with Crippen molar-refractivity contribution in [2.75, 3.05) is 54.8 Å². The van der Waals surface area contributed by atoms with E-state index in [9.17, 15) is 14.7 Å². The Morgan fingerprint density at radius 3 is 2.50 bits per heavy atom. The highest BCUT2D eigenvalue weighted by molar-refractivity contribution is 7.17. The van der Waals surface area contributed by atoms with Crippen LogP contribution in [0, 0.1) is 19.3 Å². The number of amides is 2. The van der Waals surface area contributed by atoms with E-state index in [4.69, 9.17) is 16.6 Å². The molecule has 222 valence electrons. The molecule has 1 aromatic carbocycles. The predicted molar refractivity (Wildman–Crippen MR) is 164 cm³/mol. The zero-order chi connectivity index (χ0) is 29.4. The van der Waals surface area contributed by atoms with Crippen molar-refractivity contribution < 1.29 is 14.7 Å². The first-order chi connectivity index (χ1) is 20.2. The van der Waals surface area contributed by atoms with E-state index in [0.29, 0.717) is 56.9 Å². The molecule has 4 heterocycles. The van der Waals surface area contributed by atoms with Gasteiger partial charge in [-0.05, 0) is 56.6 Å². The Bertz CT molecular complexity index is 1460. The zero-order valence-electron chi connectivity index (χ0n) is 23.8. The van der Waals surface area contributed by atoms with Crippen molar-refractivity contribution in [1.29, 1.82) is 0 Å². The minimum absolute atomic E-state index is 0.266. The highest BCUT2D eigenvalue weighted by Gasteiger charge is 2.48. The number of carbonyl (C=O) groups excluding carboxylic acids is 1.